The van der Waals surface area contributed by atoms with Crippen molar-refractivity contribution in [3.63, 3.8) is 0 Å². The first kappa shape index (κ1) is 9.92. The molecule has 5 heteroatoms. The molecule has 0 saturated carbocycles. The van der Waals surface area contributed by atoms with Gasteiger partial charge in [0.15, 0.2) is 0 Å². The fourth-order valence-corrected chi connectivity index (χ4v) is 2.18. The van der Waals surface area contributed by atoms with Crippen LogP contribution < -0.4 is 0 Å². The number of nitrogens with zero attached hydrogens (tertiary/aromatic N) is 1. The highest BCUT2D eigenvalue weighted by Gasteiger charge is 2.13. The Morgan fingerprint density at radius 1 is 1.67 bits per heavy atom. The summed E-state index contributed by atoms with van der Waals surface area (Å²) in [6.07, 6.45) is -0.0198. The van der Waals surface area contributed by atoms with Crippen LogP contribution in [0.1, 0.15) is 11.5 Å². The summed E-state index contributed by atoms with van der Waals surface area (Å²) < 4.78 is 0. The van der Waals surface area contributed by atoms with E-state index in [1.165, 1.54) is 0 Å². The van der Waals surface area contributed by atoms with E-state index in [0.717, 1.165) is 16.4 Å². The summed E-state index contributed by atoms with van der Waals surface area (Å²) in [5.41, 5.74) is 1.42. The molecular weight excluding hydrogens is 212 g/mol. The number of aromatic amines is 1. The first-order valence-corrected chi connectivity index (χ1v) is 5.36. The molecule has 0 aliphatic rings. The Hall–Kier alpha value is -1.62. The molecular formula is C10H10N2O2S. The predicted molar refractivity (Wildman–Crippen MR) is 58.0 cm³/mol. The van der Waals surface area contributed by atoms with Crippen LogP contribution in [0, 0.1) is 6.92 Å². The van der Waals surface area contributed by atoms with Crippen molar-refractivity contribution in [2.45, 2.75) is 13.3 Å². The summed E-state index contributed by atoms with van der Waals surface area (Å²) in [6, 6.07) is 3.86. The van der Waals surface area contributed by atoms with Gasteiger partial charge < -0.3 is 10.1 Å². The van der Waals surface area contributed by atoms with Crippen LogP contribution in [0.25, 0.3) is 10.6 Å². The quantitative estimate of drug-likeness (QED) is 0.835. The van der Waals surface area contributed by atoms with Crippen LogP contribution >= 0.6 is 11.3 Å². The van der Waals surface area contributed by atoms with E-state index >= 15 is 0 Å². The van der Waals surface area contributed by atoms with Crippen molar-refractivity contribution in [3.05, 3.63) is 29.0 Å². The number of imidazole rings is 1. The largest absolute Gasteiger partial charge is 0.481 e. The molecule has 4 nitrogen and oxygen atoms in total. The third-order valence-electron chi connectivity index (χ3n) is 1.98. The van der Waals surface area contributed by atoms with Crippen LogP contribution in [0.4, 0.5) is 0 Å². The van der Waals surface area contributed by atoms with Gasteiger partial charge in [0.2, 0.25) is 0 Å². The Morgan fingerprint density at radius 2 is 2.47 bits per heavy atom. The Labute approximate surface area is 90.6 Å². The lowest BCUT2D eigenvalue weighted by atomic mass is 10.2. The molecule has 0 fully saturated rings. The molecule has 2 N–H and O–H groups in total. The van der Waals surface area contributed by atoms with Gasteiger partial charge in [-0.3, -0.25) is 4.79 Å². The molecule has 0 amide bonds. The minimum absolute atomic E-state index is 0.0198. The van der Waals surface area contributed by atoms with Crippen molar-refractivity contribution >= 4 is 17.3 Å². The highest BCUT2D eigenvalue weighted by Crippen LogP contribution is 2.26. The standard InChI is InChI=1S/C10H10N2O2S/c1-6-11-7(5-9(13)14)10(12-6)8-3-2-4-15-8/h2-4H,5H2,1H3,(H,11,12)(H,13,14). The number of hydrogen-bond donors (Lipinski definition) is 2. The fourth-order valence-electron chi connectivity index (χ4n) is 1.44. The summed E-state index contributed by atoms with van der Waals surface area (Å²) >= 11 is 1.56. The van der Waals surface area contributed by atoms with Crippen molar-refractivity contribution in [3.8, 4) is 10.6 Å². The molecule has 2 rings (SSSR count). The predicted octanol–water partition coefficient (Wildman–Crippen LogP) is 2.07. The number of carbonyl (C=O) groups is 1. The van der Waals surface area contributed by atoms with Crippen molar-refractivity contribution < 1.29 is 9.90 Å². The molecule has 0 saturated heterocycles. The molecule has 0 atom stereocenters. The Kier molecular flexibility index (Phi) is 2.55. The van der Waals surface area contributed by atoms with E-state index in [4.69, 9.17) is 5.11 Å². The lowest BCUT2D eigenvalue weighted by Crippen LogP contribution is -2.01. The average molecular weight is 222 g/mol. The summed E-state index contributed by atoms with van der Waals surface area (Å²) in [5.74, 6) is -0.105. The average Bonchev–Trinajstić information content (AvgIpc) is 2.72. The Bertz CT molecular complexity index is 474. The normalized spacial score (nSPS) is 10.5. The van der Waals surface area contributed by atoms with Gasteiger partial charge >= 0.3 is 5.97 Å². The number of H-pyrrole nitrogens is 1. The highest BCUT2D eigenvalue weighted by molar-refractivity contribution is 7.13. The second-order valence-corrected chi connectivity index (χ2v) is 4.14. The van der Waals surface area contributed by atoms with Gasteiger partial charge in [-0.1, -0.05) is 6.07 Å². The van der Waals surface area contributed by atoms with E-state index in [2.05, 4.69) is 9.97 Å². The minimum atomic E-state index is -0.851. The monoisotopic (exact) mass is 222 g/mol. The van der Waals surface area contributed by atoms with Gasteiger partial charge in [0.25, 0.3) is 0 Å². The molecule has 78 valence electrons. The van der Waals surface area contributed by atoms with Crippen LogP contribution in [0.15, 0.2) is 17.5 Å². The van der Waals surface area contributed by atoms with Crippen molar-refractivity contribution in [1.29, 1.82) is 0 Å². The molecule has 0 bridgehead atoms. The van der Waals surface area contributed by atoms with Gasteiger partial charge in [0.1, 0.15) is 11.5 Å². The Morgan fingerprint density at radius 3 is 3.07 bits per heavy atom. The van der Waals surface area contributed by atoms with E-state index in [1.807, 2.05) is 24.4 Å². The zero-order valence-corrected chi connectivity index (χ0v) is 8.97. The molecule has 0 aromatic carbocycles. The van der Waals surface area contributed by atoms with Gasteiger partial charge in [0, 0.05) is 0 Å². The van der Waals surface area contributed by atoms with Crippen LogP contribution in [-0.2, 0) is 11.2 Å². The summed E-state index contributed by atoms with van der Waals surface area (Å²) in [5, 5.41) is 10.7. The number of carboxylic acid groups (broad SMARTS) is 1. The molecule has 2 aromatic rings. The zero-order valence-electron chi connectivity index (χ0n) is 8.15. The molecule has 0 aliphatic carbocycles. The van der Waals surface area contributed by atoms with Crippen molar-refractivity contribution in [1.82, 2.24) is 9.97 Å². The Balaban J connectivity index is 2.42. The van der Waals surface area contributed by atoms with Gasteiger partial charge in [-0.15, -0.1) is 11.3 Å². The number of hydrogen-bond acceptors (Lipinski definition) is 3. The van der Waals surface area contributed by atoms with Crippen LogP contribution in [0.2, 0.25) is 0 Å². The molecule has 0 aliphatic heterocycles. The zero-order chi connectivity index (χ0) is 10.8. The second kappa shape index (κ2) is 3.86. The number of carboxylic acids is 1. The number of aromatic nitrogens is 2. The number of thiophene rings is 1. The molecule has 15 heavy (non-hydrogen) atoms. The van der Waals surface area contributed by atoms with Crippen molar-refractivity contribution in [2.75, 3.05) is 0 Å². The molecule has 0 spiro atoms. The number of aliphatic carboxylic acids is 1. The van der Waals surface area contributed by atoms with E-state index in [0.29, 0.717) is 5.69 Å². The number of nitrogens with one attached hydrogen (secondary N) is 1. The fraction of sp³-hybridized carbons (Fsp3) is 0.200. The summed E-state index contributed by atoms with van der Waals surface area (Å²) in [4.78, 5) is 18.9. The molecule has 2 aromatic heterocycles. The maximum absolute atomic E-state index is 10.7. The third-order valence-corrected chi connectivity index (χ3v) is 2.86. The van der Waals surface area contributed by atoms with Crippen LogP contribution in [0.3, 0.4) is 0 Å². The van der Waals surface area contributed by atoms with E-state index in [-0.39, 0.29) is 6.42 Å². The SMILES string of the molecule is Cc1nc(-c2cccs2)c(CC(=O)O)[nH]1. The van der Waals surface area contributed by atoms with Crippen LogP contribution in [0.5, 0.6) is 0 Å². The second-order valence-electron chi connectivity index (χ2n) is 3.20. The van der Waals surface area contributed by atoms with Crippen molar-refractivity contribution in [2.24, 2.45) is 0 Å². The first-order chi connectivity index (χ1) is 7.16. The molecule has 0 unspecified atom stereocenters. The van der Waals surface area contributed by atoms with Gasteiger partial charge in [-0.25, -0.2) is 4.98 Å². The lowest BCUT2D eigenvalue weighted by molar-refractivity contribution is -0.136. The highest BCUT2D eigenvalue weighted by atomic mass is 32.1. The van der Waals surface area contributed by atoms with Gasteiger partial charge in [-0.05, 0) is 18.4 Å². The number of aryl methyl sites for hydroxylation is 1. The van der Waals surface area contributed by atoms with Gasteiger partial charge in [-0.2, -0.15) is 0 Å². The van der Waals surface area contributed by atoms with E-state index < -0.39 is 5.97 Å². The first-order valence-electron chi connectivity index (χ1n) is 4.48. The van der Waals surface area contributed by atoms with E-state index in [9.17, 15) is 4.79 Å². The maximum atomic E-state index is 10.7. The van der Waals surface area contributed by atoms with Crippen LogP contribution in [-0.4, -0.2) is 21.0 Å². The molecule has 0 radical (unpaired) electrons. The smallest absolute Gasteiger partial charge is 0.309 e. The maximum Gasteiger partial charge on any atom is 0.309 e. The minimum Gasteiger partial charge on any atom is -0.481 e. The van der Waals surface area contributed by atoms with Gasteiger partial charge in [0.05, 0.1) is 17.0 Å². The number of rotatable bonds is 3. The summed E-state index contributed by atoms with van der Waals surface area (Å²) in [6.45, 7) is 1.82. The third kappa shape index (κ3) is 2.07. The topological polar surface area (TPSA) is 66.0 Å². The van der Waals surface area contributed by atoms with E-state index in [1.54, 1.807) is 11.3 Å². The molecule has 2 heterocycles. The lowest BCUT2D eigenvalue weighted by Gasteiger charge is -1.95. The summed E-state index contributed by atoms with van der Waals surface area (Å²) in [7, 11) is 0.